The van der Waals surface area contributed by atoms with E-state index >= 15 is 0 Å². The molecule has 1 aliphatic rings. The molecule has 0 radical (unpaired) electrons. The zero-order valence-corrected chi connectivity index (χ0v) is 9.59. The van der Waals surface area contributed by atoms with Crippen molar-refractivity contribution in [3.63, 3.8) is 0 Å². The molecule has 1 aromatic heterocycles. The summed E-state index contributed by atoms with van der Waals surface area (Å²) >= 11 is 0. The summed E-state index contributed by atoms with van der Waals surface area (Å²) < 4.78 is 5.16. The third-order valence-corrected chi connectivity index (χ3v) is 2.92. The van der Waals surface area contributed by atoms with E-state index < -0.39 is 11.5 Å². The molecule has 7 heteroatoms. The van der Waals surface area contributed by atoms with Crippen LogP contribution in [0.3, 0.4) is 0 Å². The Morgan fingerprint density at radius 1 is 1.44 bits per heavy atom. The van der Waals surface area contributed by atoms with Gasteiger partial charge in [-0.05, 0) is 0 Å². The lowest BCUT2D eigenvalue weighted by Gasteiger charge is -2.34. The van der Waals surface area contributed by atoms with Crippen molar-refractivity contribution in [1.29, 1.82) is 5.26 Å². The number of ether oxygens (including phenoxy) is 1. The molecule has 7 nitrogen and oxygen atoms in total. The third kappa shape index (κ3) is 2.24. The Hall–Kier alpha value is -2.20. The minimum atomic E-state index is -1.14. The zero-order chi connectivity index (χ0) is 13.0. The van der Waals surface area contributed by atoms with Crippen molar-refractivity contribution in [3.8, 4) is 6.07 Å². The molecule has 0 aromatic carbocycles. The first kappa shape index (κ1) is 12.3. The highest BCUT2D eigenvalue weighted by Gasteiger charge is 2.41. The van der Waals surface area contributed by atoms with Crippen LogP contribution in [-0.4, -0.2) is 39.8 Å². The molecule has 2 N–H and O–H groups in total. The maximum absolute atomic E-state index is 11.4. The van der Waals surface area contributed by atoms with Crippen LogP contribution in [0.25, 0.3) is 0 Å². The summed E-state index contributed by atoms with van der Waals surface area (Å²) in [7, 11) is 0. The molecule has 0 spiro atoms. The molecule has 1 fully saturated rings. The fourth-order valence-electron chi connectivity index (χ4n) is 1.85. The average Bonchev–Trinajstić information content (AvgIpc) is 2.40. The Kier molecular flexibility index (Phi) is 3.39. The second-order valence-corrected chi connectivity index (χ2v) is 3.99. The molecule has 1 aromatic rings. The SMILES string of the molecule is N#Cc1nccnc1NC1(C(=O)O)CCOCC1. The Labute approximate surface area is 103 Å². The lowest BCUT2D eigenvalue weighted by molar-refractivity contribution is -0.145. The molecular weight excluding hydrogens is 236 g/mol. The molecule has 0 amide bonds. The lowest BCUT2D eigenvalue weighted by Crippen LogP contribution is -2.50. The van der Waals surface area contributed by atoms with Gasteiger partial charge in [0.2, 0.25) is 0 Å². The standard InChI is InChI=1S/C11H12N4O3/c12-7-8-9(14-4-3-13-8)15-11(10(16)17)1-5-18-6-2-11/h3-4H,1-2,5-6H2,(H,14,15)(H,16,17). The Bertz CT molecular complexity index is 491. The number of hydrogen-bond acceptors (Lipinski definition) is 6. The molecule has 2 rings (SSSR count). The first-order valence-electron chi connectivity index (χ1n) is 5.48. The molecule has 0 bridgehead atoms. The van der Waals surface area contributed by atoms with Crippen molar-refractivity contribution >= 4 is 11.8 Å². The predicted molar refractivity (Wildman–Crippen MR) is 60.8 cm³/mol. The first-order chi connectivity index (χ1) is 8.68. The highest BCUT2D eigenvalue weighted by atomic mass is 16.5. The summed E-state index contributed by atoms with van der Waals surface area (Å²) in [6, 6.07) is 1.88. The largest absolute Gasteiger partial charge is 0.480 e. The Morgan fingerprint density at radius 3 is 2.72 bits per heavy atom. The maximum atomic E-state index is 11.4. The third-order valence-electron chi connectivity index (χ3n) is 2.92. The molecule has 1 aliphatic heterocycles. The van der Waals surface area contributed by atoms with Crippen LogP contribution in [0.4, 0.5) is 5.82 Å². The number of carbonyl (C=O) groups is 1. The maximum Gasteiger partial charge on any atom is 0.329 e. The topological polar surface area (TPSA) is 108 Å². The molecule has 0 saturated carbocycles. The number of hydrogen-bond donors (Lipinski definition) is 2. The van der Waals surface area contributed by atoms with Crippen LogP contribution >= 0.6 is 0 Å². The molecule has 2 heterocycles. The minimum absolute atomic E-state index is 0.0876. The second kappa shape index (κ2) is 4.98. The number of aromatic nitrogens is 2. The van der Waals surface area contributed by atoms with Gasteiger partial charge < -0.3 is 15.2 Å². The molecule has 1 saturated heterocycles. The van der Waals surface area contributed by atoms with Gasteiger partial charge in [-0.25, -0.2) is 14.8 Å². The fraction of sp³-hybridized carbons (Fsp3) is 0.455. The minimum Gasteiger partial charge on any atom is -0.480 e. The first-order valence-corrected chi connectivity index (χ1v) is 5.48. The van der Waals surface area contributed by atoms with Gasteiger partial charge in [0, 0.05) is 38.4 Å². The molecule has 18 heavy (non-hydrogen) atoms. The van der Waals surface area contributed by atoms with Gasteiger partial charge in [-0.3, -0.25) is 0 Å². The fourth-order valence-corrected chi connectivity index (χ4v) is 1.85. The molecule has 0 aliphatic carbocycles. The van der Waals surface area contributed by atoms with Gasteiger partial charge in [-0.2, -0.15) is 5.26 Å². The Morgan fingerprint density at radius 2 is 2.11 bits per heavy atom. The van der Waals surface area contributed by atoms with E-state index in [1.165, 1.54) is 12.4 Å². The van der Waals surface area contributed by atoms with Crippen molar-refractivity contribution in [2.24, 2.45) is 0 Å². The van der Waals surface area contributed by atoms with E-state index in [-0.39, 0.29) is 11.5 Å². The Balaban J connectivity index is 2.29. The summed E-state index contributed by atoms with van der Waals surface area (Å²) in [5, 5.41) is 21.1. The van der Waals surface area contributed by atoms with Crippen LogP contribution < -0.4 is 5.32 Å². The average molecular weight is 248 g/mol. The van der Waals surface area contributed by atoms with E-state index in [0.29, 0.717) is 26.1 Å². The van der Waals surface area contributed by atoms with Gasteiger partial charge in [0.1, 0.15) is 11.6 Å². The molecular formula is C11H12N4O3. The van der Waals surface area contributed by atoms with Gasteiger partial charge in [0.15, 0.2) is 11.5 Å². The van der Waals surface area contributed by atoms with E-state index in [0.717, 1.165) is 0 Å². The van der Waals surface area contributed by atoms with Gasteiger partial charge in [-0.15, -0.1) is 0 Å². The van der Waals surface area contributed by atoms with E-state index in [1.807, 2.05) is 6.07 Å². The highest BCUT2D eigenvalue weighted by Crippen LogP contribution is 2.26. The predicted octanol–water partition coefficient (Wildman–Crippen LogP) is 0.394. The monoisotopic (exact) mass is 248 g/mol. The van der Waals surface area contributed by atoms with Gasteiger partial charge in [-0.1, -0.05) is 0 Å². The van der Waals surface area contributed by atoms with Gasteiger partial charge in [0.05, 0.1) is 0 Å². The summed E-state index contributed by atoms with van der Waals surface area (Å²) in [5.41, 5.74) is -1.05. The summed E-state index contributed by atoms with van der Waals surface area (Å²) in [4.78, 5) is 19.2. The summed E-state index contributed by atoms with van der Waals surface area (Å²) in [6.45, 7) is 0.725. The number of anilines is 1. The van der Waals surface area contributed by atoms with E-state index in [4.69, 9.17) is 10.00 Å². The number of carboxylic acid groups (broad SMARTS) is 1. The van der Waals surface area contributed by atoms with Crippen LogP contribution in [-0.2, 0) is 9.53 Å². The second-order valence-electron chi connectivity index (χ2n) is 3.99. The van der Waals surface area contributed by atoms with Crippen molar-refractivity contribution < 1.29 is 14.6 Å². The number of rotatable bonds is 3. The number of nitriles is 1. The summed E-state index contributed by atoms with van der Waals surface area (Å²) in [6.07, 6.45) is 3.45. The van der Waals surface area contributed by atoms with Crippen LogP contribution in [0.15, 0.2) is 12.4 Å². The number of nitrogens with one attached hydrogen (secondary N) is 1. The molecule has 0 unspecified atom stereocenters. The van der Waals surface area contributed by atoms with E-state index in [1.54, 1.807) is 0 Å². The van der Waals surface area contributed by atoms with Crippen LogP contribution in [0.1, 0.15) is 18.5 Å². The normalized spacial score (nSPS) is 17.7. The summed E-state index contributed by atoms with van der Waals surface area (Å²) in [5.74, 6) is -0.773. The quantitative estimate of drug-likeness (QED) is 0.796. The number of carboxylic acids is 1. The van der Waals surface area contributed by atoms with Crippen molar-refractivity contribution in [1.82, 2.24) is 9.97 Å². The number of nitrogens with zero attached hydrogens (tertiary/aromatic N) is 3. The van der Waals surface area contributed by atoms with Crippen molar-refractivity contribution in [2.75, 3.05) is 18.5 Å². The lowest BCUT2D eigenvalue weighted by atomic mass is 9.90. The molecule has 94 valence electrons. The van der Waals surface area contributed by atoms with Crippen LogP contribution in [0, 0.1) is 11.3 Å². The van der Waals surface area contributed by atoms with Crippen molar-refractivity contribution in [2.45, 2.75) is 18.4 Å². The molecule has 0 atom stereocenters. The van der Waals surface area contributed by atoms with E-state index in [9.17, 15) is 9.90 Å². The van der Waals surface area contributed by atoms with Gasteiger partial charge >= 0.3 is 5.97 Å². The van der Waals surface area contributed by atoms with Crippen LogP contribution in [0.5, 0.6) is 0 Å². The van der Waals surface area contributed by atoms with Crippen molar-refractivity contribution in [3.05, 3.63) is 18.1 Å². The zero-order valence-electron chi connectivity index (χ0n) is 9.59. The van der Waals surface area contributed by atoms with Crippen LogP contribution in [0.2, 0.25) is 0 Å². The van der Waals surface area contributed by atoms with E-state index in [2.05, 4.69) is 15.3 Å². The smallest absolute Gasteiger partial charge is 0.329 e. The number of aliphatic carboxylic acids is 1. The van der Waals surface area contributed by atoms with Gasteiger partial charge in [0.25, 0.3) is 0 Å². The highest BCUT2D eigenvalue weighted by molar-refractivity contribution is 5.83.